The van der Waals surface area contributed by atoms with Crippen molar-refractivity contribution in [3.8, 4) is 11.4 Å². The number of tetrazole rings is 1. The molecule has 0 aliphatic carbocycles. The summed E-state index contributed by atoms with van der Waals surface area (Å²) in [5, 5.41) is 17.6. The average Bonchev–Trinajstić information content (AvgIpc) is 3.14. The first-order valence-electron chi connectivity index (χ1n) is 8.79. The maximum atomic E-state index is 12.4. The number of rotatable bonds is 7. The Morgan fingerprint density at radius 2 is 1.97 bits per heavy atom. The highest BCUT2D eigenvalue weighted by atomic mass is 35.5. The summed E-state index contributed by atoms with van der Waals surface area (Å²) in [6, 6.07) is 14.3. The standard InChI is InChI=1S/C19H20ClN7O2/c1-26(12-17(28)22-16-9-4-3-8-15(16)20)18(29)11-21-14-7-5-6-13(10-14)19-23-24-25-27(19)2/h3-10,21H,11-12H2,1-2H3,(H,22,28). The second-order valence-electron chi connectivity index (χ2n) is 6.34. The van der Waals surface area contributed by atoms with E-state index in [2.05, 4.69) is 26.2 Å². The van der Waals surface area contributed by atoms with Gasteiger partial charge in [-0.3, -0.25) is 9.59 Å². The Morgan fingerprint density at radius 1 is 1.17 bits per heavy atom. The highest BCUT2D eigenvalue weighted by Crippen LogP contribution is 2.20. The molecule has 0 radical (unpaired) electrons. The number of hydrogen-bond acceptors (Lipinski definition) is 6. The van der Waals surface area contributed by atoms with Crippen molar-refractivity contribution in [2.45, 2.75) is 0 Å². The van der Waals surface area contributed by atoms with Gasteiger partial charge < -0.3 is 15.5 Å². The zero-order chi connectivity index (χ0) is 20.8. The highest BCUT2D eigenvalue weighted by molar-refractivity contribution is 6.33. The maximum Gasteiger partial charge on any atom is 0.244 e. The van der Waals surface area contributed by atoms with Crippen molar-refractivity contribution < 1.29 is 9.59 Å². The summed E-state index contributed by atoms with van der Waals surface area (Å²) in [5.74, 6) is 0.0594. The van der Waals surface area contributed by atoms with Crippen molar-refractivity contribution in [3.05, 3.63) is 53.6 Å². The Labute approximate surface area is 172 Å². The monoisotopic (exact) mass is 413 g/mol. The van der Waals surface area contributed by atoms with Crippen LogP contribution in [-0.2, 0) is 16.6 Å². The lowest BCUT2D eigenvalue weighted by molar-refractivity contribution is -0.131. The molecule has 0 saturated carbocycles. The van der Waals surface area contributed by atoms with E-state index in [9.17, 15) is 9.59 Å². The van der Waals surface area contributed by atoms with Crippen LogP contribution in [0.1, 0.15) is 0 Å². The van der Waals surface area contributed by atoms with Crippen LogP contribution in [0, 0.1) is 0 Å². The molecule has 29 heavy (non-hydrogen) atoms. The first-order chi connectivity index (χ1) is 13.9. The first-order valence-corrected chi connectivity index (χ1v) is 9.17. The maximum absolute atomic E-state index is 12.4. The van der Waals surface area contributed by atoms with Gasteiger partial charge in [0.05, 0.1) is 23.8 Å². The molecule has 0 aliphatic heterocycles. The average molecular weight is 414 g/mol. The molecule has 150 valence electrons. The number of carbonyl (C=O) groups is 2. The normalized spacial score (nSPS) is 10.4. The third-order valence-electron chi connectivity index (χ3n) is 4.14. The van der Waals surface area contributed by atoms with E-state index in [1.165, 1.54) is 4.90 Å². The van der Waals surface area contributed by atoms with Gasteiger partial charge in [0.25, 0.3) is 0 Å². The van der Waals surface area contributed by atoms with E-state index in [4.69, 9.17) is 11.6 Å². The molecule has 9 nitrogen and oxygen atoms in total. The Kier molecular flexibility index (Phi) is 6.40. The largest absolute Gasteiger partial charge is 0.376 e. The molecular weight excluding hydrogens is 394 g/mol. The van der Waals surface area contributed by atoms with Gasteiger partial charge in [-0.25, -0.2) is 4.68 Å². The van der Waals surface area contributed by atoms with Gasteiger partial charge in [0, 0.05) is 25.3 Å². The van der Waals surface area contributed by atoms with Gasteiger partial charge in [-0.05, 0) is 34.7 Å². The Morgan fingerprint density at radius 3 is 2.69 bits per heavy atom. The van der Waals surface area contributed by atoms with E-state index in [-0.39, 0.29) is 24.9 Å². The zero-order valence-electron chi connectivity index (χ0n) is 16.0. The Bertz CT molecular complexity index is 1020. The van der Waals surface area contributed by atoms with Crippen molar-refractivity contribution in [1.29, 1.82) is 0 Å². The summed E-state index contributed by atoms with van der Waals surface area (Å²) < 4.78 is 1.57. The molecule has 0 atom stereocenters. The number of hydrogen-bond donors (Lipinski definition) is 2. The number of para-hydroxylation sites is 1. The van der Waals surface area contributed by atoms with Gasteiger partial charge in [0.1, 0.15) is 0 Å². The van der Waals surface area contributed by atoms with E-state index in [1.807, 2.05) is 24.3 Å². The third-order valence-corrected chi connectivity index (χ3v) is 4.47. The second kappa shape index (κ2) is 9.16. The minimum absolute atomic E-state index is 0.0381. The van der Waals surface area contributed by atoms with E-state index in [0.717, 1.165) is 11.3 Å². The molecule has 0 aliphatic rings. The number of aryl methyl sites for hydroxylation is 1. The Balaban J connectivity index is 1.53. The predicted octanol–water partition coefficient (Wildman–Crippen LogP) is 2.04. The van der Waals surface area contributed by atoms with E-state index in [0.29, 0.717) is 16.5 Å². The fourth-order valence-electron chi connectivity index (χ4n) is 2.61. The summed E-state index contributed by atoms with van der Waals surface area (Å²) in [7, 11) is 3.32. The molecule has 0 spiro atoms. The van der Waals surface area contributed by atoms with Crippen LogP contribution in [0.25, 0.3) is 11.4 Å². The van der Waals surface area contributed by atoms with Crippen molar-refractivity contribution in [2.75, 3.05) is 30.8 Å². The second-order valence-corrected chi connectivity index (χ2v) is 6.75. The van der Waals surface area contributed by atoms with Crippen LogP contribution >= 0.6 is 11.6 Å². The lowest BCUT2D eigenvalue weighted by atomic mass is 10.2. The number of anilines is 2. The number of nitrogens with one attached hydrogen (secondary N) is 2. The quantitative estimate of drug-likeness (QED) is 0.614. The van der Waals surface area contributed by atoms with Gasteiger partial charge in [0.2, 0.25) is 11.8 Å². The molecule has 0 saturated heterocycles. The van der Waals surface area contributed by atoms with E-state index in [1.54, 1.807) is 43.0 Å². The molecule has 3 aromatic rings. The zero-order valence-corrected chi connectivity index (χ0v) is 16.7. The number of likely N-dealkylation sites (N-methyl/N-ethyl adjacent to an activating group) is 1. The van der Waals surface area contributed by atoms with Crippen molar-refractivity contribution >= 4 is 34.8 Å². The molecule has 2 amide bonds. The first kappa shape index (κ1) is 20.3. The number of aromatic nitrogens is 4. The number of amides is 2. The summed E-state index contributed by atoms with van der Waals surface area (Å²) in [5.41, 5.74) is 2.07. The smallest absolute Gasteiger partial charge is 0.244 e. The van der Waals surface area contributed by atoms with Crippen molar-refractivity contribution in [3.63, 3.8) is 0 Å². The van der Waals surface area contributed by atoms with E-state index >= 15 is 0 Å². The minimum Gasteiger partial charge on any atom is -0.376 e. The fraction of sp³-hybridized carbons (Fsp3) is 0.211. The van der Waals surface area contributed by atoms with Gasteiger partial charge in [-0.2, -0.15) is 0 Å². The van der Waals surface area contributed by atoms with Gasteiger partial charge in [-0.15, -0.1) is 5.10 Å². The highest BCUT2D eigenvalue weighted by Gasteiger charge is 2.14. The molecule has 2 N–H and O–H groups in total. The van der Waals surface area contributed by atoms with Gasteiger partial charge >= 0.3 is 0 Å². The lowest BCUT2D eigenvalue weighted by Gasteiger charge is -2.18. The number of halogens is 1. The predicted molar refractivity (Wildman–Crippen MR) is 110 cm³/mol. The van der Waals surface area contributed by atoms with Crippen LogP contribution in [0.2, 0.25) is 5.02 Å². The van der Waals surface area contributed by atoms with Crippen molar-refractivity contribution in [2.24, 2.45) is 7.05 Å². The van der Waals surface area contributed by atoms with Crippen LogP contribution in [0.4, 0.5) is 11.4 Å². The number of carbonyl (C=O) groups excluding carboxylic acids is 2. The SMILES string of the molecule is CN(CC(=O)Nc1ccccc1Cl)C(=O)CNc1cccc(-c2nnnn2C)c1. The summed E-state index contributed by atoms with van der Waals surface area (Å²) in [6.45, 7) is -0.0488. The minimum atomic E-state index is -0.328. The number of nitrogens with zero attached hydrogens (tertiary/aromatic N) is 5. The molecule has 10 heteroatoms. The van der Waals surface area contributed by atoms with Gasteiger partial charge in [-0.1, -0.05) is 35.9 Å². The topological polar surface area (TPSA) is 105 Å². The molecule has 2 aromatic carbocycles. The molecule has 0 unspecified atom stereocenters. The third kappa shape index (κ3) is 5.29. The summed E-state index contributed by atoms with van der Waals surface area (Å²) in [6.07, 6.45) is 0. The summed E-state index contributed by atoms with van der Waals surface area (Å²) >= 11 is 6.03. The van der Waals surface area contributed by atoms with Crippen LogP contribution in [0.15, 0.2) is 48.5 Å². The Hall–Kier alpha value is -3.46. The molecular formula is C19H20ClN7O2. The molecule has 1 heterocycles. The van der Waals surface area contributed by atoms with Crippen LogP contribution in [0.3, 0.4) is 0 Å². The molecule has 3 rings (SSSR count). The molecule has 0 bridgehead atoms. The fourth-order valence-corrected chi connectivity index (χ4v) is 2.79. The number of benzene rings is 2. The lowest BCUT2D eigenvalue weighted by Crippen LogP contribution is -2.38. The molecule has 0 fully saturated rings. The van der Waals surface area contributed by atoms with Crippen LogP contribution < -0.4 is 10.6 Å². The van der Waals surface area contributed by atoms with Crippen LogP contribution in [0.5, 0.6) is 0 Å². The molecule has 1 aromatic heterocycles. The van der Waals surface area contributed by atoms with Gasteiger partial charge in [0.15, 0.2) is 5.82 Å². The van der Waals surface area contributed by atoms with Crippen molar-refractivity contribution in [1.82, 2.24) is 25.1 Å². The van der Waals surface area contributed by atoms with Crippen LogP contribution in [-0.4, -0.2) is 57.1 Å². The van der Waals surface area contributed by atoms with E-state index < -0.39 is 0 Å². The summed E-state index contributed by atoms with van der Waals surface area (Å²) in [4.78, 5) is 25.9.